The average molecular weight is 441 g/mol. The van der Waals surface area contributed by atoms with Crippen molar-refractivity contribution in [2.24, 2.45) is 0 Å². The van der Waals surface area contributed by atoms with E-state index in [9.17, 15) is 9.59 Å². The Morgan fingerprint density at radius 3 is 2.74 bits per heavy atom. The first-order valence-electron chi connectivity index (χ1n) is 9.37. The van der Waals surface area contributed by atoms with Crippen LogP contribution in [0.4, 0.5) is 5.69 Å². The summed E-state index contributed by atoms with van der Waals surface area (Å²) in [4.78, 5) is 23.9. The van der Waals surface area contributed by atoms with Crippen LogP contribution >= 0.6 is 12.2 Å². The van der Waals surface area contributed by atoms with Crippen molar-refractivity contribution in [2.75, 3.05) is 12.1 Å². The molecular formula is C21H19N3O6S. The second-order valence-electron chi connectivity index (χ2n) is 6.80. The Labute approximate surface area is 182 Å². The predicted molar refractivity (Wildman–Crippen MR) is 117 cm³/mol. The number of nitrogens with one attached hydrogen (secondary N) is 3. The average Bonchev–Trinajstić information content (AvgIpc) is 3.19. The van der Waals surface area contributed by atoms with Crippen LogP contribution in [0.15, 0.2) is 51.7 Å². The van der Waals surface area contributed by atoms with Crippen LogP contribution in [0.2, 0.25) is 0 Å². The molecule has 1 aliphatic heterocycles. The predicted octanol–water partition coefficient (Wildman–Crippen LogP) is 2.62. The monoisotopic (exact) mass is 441 g/mol. The molecule has 0 spiro atoms. The lowest BCUT2D eigenvalue weighted by Gasteiger charge is -2.17. The first-order chi connectivity index (χ1) is 14.9. The molecule has 1 aromatic heterocycles. The van der Waals surface area contributed by atoms with Crippen LogP contribution in [0.1, 0.15) is 12.5 Å². The maximum atomic E-state index is 12.3. The Kier molecular flexibility index (Phi) is 5.63. The number of amides is 1. The topological polar surface area (TPSA) is 111 Å². The van der Waals surface area contributed by atoms with Crippen LogP contribution in [0, 0.1) is 6.92 Å². The molecule has 0 fully saturated rings. The molecule has 2 heterocycles. The first-order valence-corrected chi connectivity index (χ1v) is 9.77. The third kappa shape index (κ3) is 4.69. The number of benzene rings is 2. The molecule has 1 atom stereocenters. The van der Waals surface area contributed by atoms with Gasteiger partial charge in [0.05, 0.1) is 0 Å². The van der Waals surface area contributed by atoms with Crippen LogP contribution in [0.25, 0.3) is 11.0 Å². The van der Waals surface area contributed by atoms with Crippen molar-refractivity contribution in [3.8, 4) is 17.2 Å². The van der Waals surface area contributed by atoms with Gasteiger partial charge in [0.2, 0.25) is 6.79 Å². The molecule has 4 rings (SSSR count). The van der Waals surface area contributed by atoms with Crippen LogP contribution in [0.5, 0.6) is 17.2 Å². The third-order valence-electron chi connectivity index (χ3n) is 4.53. The zero-order chi connectivity index (χ0) is 22.0. The summed E-state index contributed by atoms with van der Waals surface area (Å²) in [5.41, 5.74) is 6.53. The van der Waals surface area contributed by atoms with Crippen LogP contribution in [-0.2, 0) is 4.79 Å². The minimum Gasteiger partial charge on any atom is -0.481 e. The maximum absolute atomic E-state index is 12.3. The third-order valence-corrected chi connectivity index (χ3v) is 4.74. The summed E-state index contributed by atoms with van der Waals surface area (Å²) in [6, 6.07) is 11.8. The van der Waals surface area contributed by atoms with Gasteiger partial charge < -0.3 is 23.9 Å². The molecule has 0 radical (unpaired) electrons. The SMILES string of the molecule is Cc1cc(=O)oc2cc(NC(=S)NNC(=O)[C@@H](C)Oc3ccc4c(c3)OCO4)ccc12. The summed E-state index contributed by atoms with van der Waals surface area (Å²) >= 11 is 5.20. The number of anilines is 1. The van der Waals surface area contributed by atoms with Gasteiger partial charge in [0.25, 0.3) is 5.91 Å². The highest BCUT2D eigenvalue weighted by atomic mass is 32.1. The van der Waals surface area contributed by atoms with Crippen LogP contribution < -0.4 is 36.0 Å². The quantitative estimate of drug-likeness (QED) is 0.320. The molecule has 0 saturated heterocycles. The summed E-state index contributed by atoms with van der Waals surface area (Å²) in [6.45, 7) is 3.60. The van der Waals surface area contributed by atoms with Crippen molar-refractivity contribution in [1.29, 1.82) is 0 Å². The van der Waals surface area contributed by atoms with E-state index >= 15 is 0 Å². The van der Waals surface area contributed by atoms with E-state index in [0.717, 1.165) is 10.9 Å². The molecular weight excluding hydrogens is 422 g/mol. The van der Waals surface area contributed by atoms with Gasteiger partial charge >= 0.3 is 5.63 Å². The molecule has 0 saturated carbocycles. The van der Waals surface area contributed by atoms with Crippen LogP contribution in [-0.4, -0.2) is 23.9 Å². The largest absolute Gasteiger partial charge is 0.481 e. The molecule has 10 heteroatoms. The number of rotatable bonds is 4. The Bertz CT molecular complexity index is 1230. The van der Waals surface area contributed by atoms with Crippen molar-refractivity contribution in [2.45, 2.75) is 20.0 Å². The highest BCUT2D eigenvalue weighted by molar-refractivity contribution is 7.80. The molecule has 2 aromatic carbocycles. The number of carbonyl (C=O) groups excluding carboxylic acids is 1. The fourth-order valence-electron chi connectivity index (χ4n) is 2.99. The normalized spacial score (nSPS) is 12.8. The highest BCUT2D eigenvalue weighted by Gasteiger charge is 2.18. The number of thiocarbonyl (C=S) groups is 1. The van der Waals surface area contributed by atoms with Crippen molar-refractivity contribution in [3.05, 3.63) is 58.4 Å². The lowest BCUT2D eigenvalue weighted by molar-refractivity contribution is -0.127. The van der Waals surface area contributed by atoms with Gasteiger partial charge in [-0.05, 0) is 55.9 Å². The first kappa shape index (κ1) is 20.5. The van der Waals surface area contributed by atoms with Gasteiger partial charge in [0.1, 0.15) is 11.3 Å². The molecule has 160 valence electrons. The van der Waals surface area contributed by atoms with E-state index in [2.05, 4.69) is 16.2 Å². The summed E-state index contributed by atoms with van der Waals surface area (Å²) in [5.74, 6) is 1.24. The van der Waals surface area contributed by atoms with Gasteiger partial charge in [0.15, 0.2) is 22.7 Å². The molecule has 0 aliphatic carbocycles. The molecule has 1 aliphatic rings. The minimum atomic E-state index is -0.798. The number of hydrogen-bond donors (Lipinski definition) is 3. The highest BCUT2D eigenvalue weighted by Crippen LogP contribution is 2.35. The van der Waals surface area contributed by atoms with Crippen LogP contribution in [0.3, 0.4) is 0 Å². The minimum absolute atomic E-state index is 0.151. The van der Waals surface area contributed by atoms with Crippen molar-refractivity contribution in [3.63, 3.8) is 0 Å². The Morgan fingerprint density at radius 2 is 1.90 bits per heavy atom. The van der Waals surface area contributed by atoms with Gasteiger partial charge in [-0.15, -0.1) is 0 Å². The Hall–Kier alpha value is -3.79. The van der Waals surface area contributed by atoms with E-state index < -0.39 is 17.6 Å². The molecule has 3 aromatic rings. The van der Waals surface area contributed by atoms with Gasteiger partial charge in [-0.1, -0.05) is 0 Å². The zero-order valence-electron chi connectivity index (χ0n) is 16.7. The van der Waals surface area contributed by atoms with E-state index in [1.165, 1.54) is 6.07 Å². The van der Waals surface area contributed by atoms with E-state index in [1.54, 1.807) is 37.3 Å². The van der Waals surface area contributed by atoms with Gasteiger partial charge in [-0.25, -0.2) is 4.79 Å². The van der Waals surface area contributed by atoms with Crippen molar-refractivity contribution in [1.82, 2.24) is 10.9 Å². The lowest BCUT2D eigenvalue weighted by atomic mass is 10.1. The number of fused-ring (bicyclic) bond motifs is 2. The summed E-state index contributed by atoms with van der Waals surface area (Å²) in [7, 11) is 0. The maximum Gasteiger partial charge on any atom is 0.336 e. The van der Waals surface area contributed by atoms with E-state index in [0.29, 0.717) is 28.5 Å². The molecule has 0 bridgehead atoms. The number of aryl methyl sites for hydroxylation is 1. The van der Waals surface area contributed by atoms with Gasteiger partial charge in [0, 0.05) is 29.3 Å². The second kappa shape index (κ2) is 8.52. The smallest absolute Gasteiger partial charge is 0.336 e. The molecule has 0 unspecified atom stereocenters. The molecule has 31 heavy (non-hydrogen) atoms. The van der Waals surface area contributed by atoms with Crippen molar-refractivity contribution < 1.29 is 23.4 Å². The standard InChI is InChI=1S/C21H19N3O6S/c1-11-7-19(25)30-17-8-13(3-5-15(11)17)22-21(31)24-23-20(26)12(2)29-14-4-6-16-18(9-14)28-10-27-16/h3-9,12H,10H2,1-2H3,(H,23,26)(H2,22,24,31)/t12-/m1/s1. The number of hydrogen-bond acceptors (Lipinski definition) is 7. The molecule has 3 N–H and O–H groups in total. The number of carbonyl (C=O) groups is 1. The number of ether oxygens (including phenoxy) is 3. The summed E-state index contributed by atoms with van der Waals surface area (Å²) < 4.78 is 21.4. The van der Waals surface area contributed by atoms with E-state index in [-0.39, 0.29) is 11.9 Å². The summed E-state index contributed by atoms with van der Waals surface area (Å²) in [6.07, 6.45) is -0.798. The number of hydrazine groups is 1. The summed E-state index contributed by atoms with van der Waals surface area (Å²) in [5, 5.41) is 3.89. The molecule has 1 amide bonds. The lowest BCUT2D eigenvalue weighted by Crippen LogP contribution is -2.48. The Balaban J connectivity index is 1.31. The van der Waals surface area contributed by atoms with Gasteiger partial charge in [-0.2, -0.15) is 0 Å². The van der Waals surface area contributed by atoms with E-state index in [1.807, 2.05) is 13.0 Å². The fourth-order valence-corrected chi connectivity index (χ4v) is 3.16. The Morgan fingerprint density at radius 1 is 1.10 bits per heavy atom. The van der Waals surface area contributed by atoms with E-state index in [4.69, 9.17) is 30.8 Å². The molecule has 9 nitrogen and oxygen atoms in total. The van der Waals surface area contributed by atoms with Crippen molar-refractivity contribution >= 4 is 39.9 Å². The fraction of sp³-hybridized carbons (Fsp3) is 0.190. The second-order valence-corrected chi connectivity index (χ2v) is 7.21. The zero-order valence-corrected chi connectivity index (χ0v) is 17.5. The van der Waals surface area contributed by atoms with Gasteiger partial charge in [-0.3, -0.25) is 15.6 Å².